The van der Waals surface area contributed by atoms with Gasteiger partial charge in [-0.25, -0.2) is 4.79 Å². The fraction of sp³-hybridized carbons (Fsp3) is 0.533. The Kier molecular flexibility index (Phi) is 7.04. The van der Waals surface area contributed by atoms with Crippen LogP contribution in [0, 0.1) is 6.92 Å². The van der Waals surface area contributed by atoms with E-state index in [1.54, 1.807) is 0 Å². The van der Waals surface area contributed by atoms with Gasteiger partial charge in [0.05, 0.1) is 6.10 Å². The molecule has 1 aromatic rings. The highest BCUT2D eigenvalue weighted by Crippen LogP contribution is 2.12. The number of nitrogens with one attached hydrogen (secondary N) is 2. The molecule has 0 radical (unpaired) electrons. The maximum atomic E-state index is 11.6. The molecular formula is C15H24N2O3. The molecule has 1 rings (SSSR count). The number of urea groups is 1. The summed E-state index contributed by atoms with van der Waals surface area (Å²) in [6.07, 6.45) is 0.673. The van der Waals surface area contributed by atoms with E-state index >= 15 is 0 Å². The molecule has 0 fully saturated rings. The van der Waals surface area contributed by atoms with Gasteiger partial charge in [0.2, 0.25) is 0 Å². The summed E-state index contributed by atoms with van der Waals surface area (Å²) in [5.74, 6) is 0. The molecule has 1 aromatic carbocycles. The van der Waals surface area contributed by atoms with E-state index in [9.17, 15) is 9.90 Å². The average Bonchev–Trinajstić information content (AvgIpc) is 2.43. The lowest BCUT2D eigenvalue weighted by molar-refractivity contribution is 0.172. The molecule has 2 atom stereocenters. The molecule has 0 aliphatic carbocycles. The third kappa shape index (κ3) is 6.04. The first-order chi connectivity index (χ1) is 9.52. The van der Waals surface area contributed by atoms with Gasteiger partial charge >= 0.3 is 6.03 Å². The predicted octanol–water partition coefficient (Wildman–Crippen LogP) is 1.49. The van der Waals surface area contributed by atoms with Crippen molar-refractivity contribution in [1.82, 2.24) is 10.6 Å². The molecule has 5 heteroatoms. The number of hydrogen-bond acceptors (Lipinski definition) is 3. The monoisotopic (exact) mass is 280 g/mol. The number of benzene rings is 1. The molecular weight excluding hydrogens is 256 g/mol. The van der Waals surface area contributed by atoms with Crippen LogP contribution < -0.4 is 10.6 Å². The molecule has 112 valence electrons. The van der Waals surface area contributed by atoms with Crippen molar-refractivity contribution < 1.29 is 15.0 Å². The molecule has 2 unspecified atom stereocenters. The Morgan fingerprint density at radius 2 is 1.95 bits per heavy atom. The lowest BCUT2D eigenvalue weighted by Gasteiger charge is -2.16. The van der Waals surface area contributed by atoms with Crippen LogP contribution in [0.2, 0.25) is 0 Å². The van der Waals surface area contributed by atoms with E-state index in [0.29, 0.717) is 6.42 Å². The molecule has 0 aliphatic heterocycles. The highest BCUT2D eigenvalue weighted by molar-refractivity contribution is 5.74. The van der Waals surface area contributed by atoms with Crippen LogP contribution in [0.3, 0.4) is 0 Å². The molecule has 0 heterocycles. The quantitative estimate of drug-likeness (QED) is 0.611. The Labute approximate surface area is 120 Å². The van der Waals surface area contributed by atoms with Gasteiger partial charge in [0, 0.05) is 19.2 Å². The van der Waals surface area contributed by atoms with E-state index in [0.717, 1.165) is 17.5 Å². The Hall–Kier alpha value is -1.59. The second kappa shape index (κ2) is 8.55. The lowest BCUT2D eigenvalue weighted by Crippen LogP contribution is -2.42. The second-order valence-electron chi connectivity index (χ2n) is 5.05. The summed E-state index contributed by atoms with van der Waals surface area (Å²) in [5, 5.41) is 24.1. The largest absolute Gasteiger partial charge is 0.396 e. The zero-order valence-electron chi connectivity index (χ0n) is 12.1. The number of aryl methyl sites for hydroxylation is 1. The summed E-state index contributed by atoms with van der Waals surface area (Å²) in [4.78, 5) is 11.6. The molecule has 2 amide bonds. The van der Waals surface area contributed by atoms with Crippen LogP contribution in [-0.4, -0.2) is 35.4 Å². The zero-order valence-corrected chi connectivity index (χ0v) is 12.1. The number of carbonyl (C=O) groups excluding carboxylic acids is 1. The third-order valence-electron chi connectivity index (χ3n) is 3.09. The minimum absolute atomic E-state index is 0.00123. The molecule has 0 spiro atoms. The van der Waals surface area contributed by atoms with Crippen LogP contribution >= 0.6 is 0 Å². The minimum atomic E-state index is -0.714. The number of hydrogen-bond donors (Lipinski definition) is 4. The summed E-state index contributed by atoms with van der Waals surface area (Å²) < 4.78 is 0. The van der Waals surface area contributed by atoms with Crippen molar-refractivity contribution in [3.8, 4) is 0 Å². The first-order valence-corrected chi connectivity index (χ1v) is 6.92. The first-order valence-electron chi connectivity index (χ1n) is 6.92. The fourth-order valence-corrected chi connectivity index (χ4v) is 1.84. The molecule has 0 bridgehead atoms. The van der Waals surface area contributed by atoms with Crippen molar-refractivity contribution in [3.05, 3.63) is 35.4 Å². The van der Waals surface area contributed by atoms with Crippen molar-refractivity contribution in [2.24, 2.45) is 0 Å². The van der Waals surface area contributed by atoms with Gasteiger partial charge in [0.15, 0.2) is 0 Å². The van der Waals surface area contributed by atoms with Gasteiger partial charge in [0.25, 0.3) is 0 Å². The molecule has 5 nitrogen and oxygen atoms in total. The number of aliphatic hydroxyl groups is 2. The number of rotatable bonds is 7. The molecule has 4 N–H and O–H groups in total. The standard InChI is InChI=1S/C15H24N2O3/c1-11-5-7-13(8-6-11)14(19)10-16-15(20)17-12(2)4-3-9-18/h5-8,12,14,18-19H,3-4,9-10H2,1-2H3,(H2,16,17,20). The number of amides is 2. The topological polar surface area (TPSA) is 81.6 Å². The molecule has 0 saturated heterocycles. The molecule has 0 aromatic heterocycles. The van der Waals surface area contributed by atoms with Crippen molar-refractivity contribution in [3.63, 3.8) is 0 Å². The van der Waals surface area contributed by atoms with Crippen LogP contribution in [0.5, 0.6) is 0 Å². The lowest BCUT2D eigenvalue weighted by atomic mass is 10.1. The van der Waals surface area contributed by atoms with Crippen LogP contribution in [-0.2, 0) is 0 Å². The van der Waals surface area contributed by atoms with Crippen molar-refractivity contribution in [1.29, 1.82) is 0 Å². The summed E-state index contributed by atoms with van der Waals surface area (Å²) in [7, 11) is 0. The van der Waals surface area contributed by atoms with E-state index in [4.69, 9.17) is 5.11 Å². The Bertz CT molecular complexity index is 406. The molecule has 0 aliphatic rings. The summed E-state index contributed by atoms with van der Waals surface area (Å²) >= 11 is 0. The highest BCUT2D eigenvalue weighted by Gasteiger charge is 2.10. The van der Waals surface area contributed by atoms with Crippen LogP contribution in [0.15, 0.2) is 24.3 Å². The van der Waals surface area contributed by atoms with Crippen LogP contribution in [0.25, 0.3) is 0 Å². The predicted molar refractivity (Wildman–Crippen MR) is 78.5 cm³/mol. The van der Waals surface area contributed by atoms with Gasteiger partial charge < -0.3 is 20.8 Å². The first kappa shape index (κ1) is 16.5. The summed E-state index contributed by atoms with van der Waals surface area (Å²) in [5.41, 5.74) is 1.91. The SMILES string of the molecule is Cc1ccc(C(O)CNC(=O)NC(C)CCCO)cc1. The second-order valence-corrected chi connectivity index (χ2v) is 5.05. The zero-order chi connectivity index (χ0) is 15.0. The van der Waals surface area contributed by atoms with Gasteiger partial charge in [-0.15, -0.1) is 0 Å². The smallest absolute Gasteiger partial charge is 0.315 e. The van der Waals surface area contributed by atoms with Gasteiger partial charge in [-0.05, 0) is 32.3 Å². The van der Waals surface area contributed by atoms with Crippen molar-refractivity contribution in [2.75, 3.05) is 13.2 Å². The van der Waals surface area contributed by atoms with Crippen LogP contribution in [0.1, 0.15) is 37.0 Å². The Morgan fingerprint density at radius 1 is 1.30 bits per heavy atom. The van der Waals surface area contributed by atoms with Gasteiger partial charge in [-0.3, -0.25) is 0 Å². The van der Waals surface area contributed by atoms with E-state index in [-0.39, 0.29) is 25.2 Å². The molecule has 0 saturated carbocycles. The Morgan fingerprint density at radius 3 is 2.55 bits per heavy atom. The average molecular weight is 280 g/mol. The molecule has 20 heavy (non-hydrogen) atoms. The summed E-state index contributed by atoms with van der Waals surface area (Å²) in [6.45, 7) is 4.16. The maximum absolute atomic E-state index is 11.6. The van der Waals surface area contributed by atoms with Gasteiger partial charge in [0.1, 0.15) is 0 Å². The van der Waals surface area contributed by atoms with Gasteiger partial charge in [-0.2, -0.15) is 0 Å². The van der Waals surface area contributed by atoms with E-state index < -0.39 is 6.10 Å². The Balaban J connectivity index is 2.31. The highest BCUT2D eigenvalue weighted by atomic mass is 16.3. The fourth-order valence-electron chi connectivity index (χ4n) is 1.84. The summed E-state index contributed by atoms with van der Waals surface area (Å²) in [6, 6.07) is 7.25. The maximum Gasteiger partial charge on any atom is 0.315 e. The number of carbonyl (C=O) groups is 1. The van der Waals surface area contributed by atoms with Crippen LogP contribution in [0.4, 0.5) is 4.79 Å². The van der Waals surface area contributed by atoms with E-state index in [1.807, 2.05) is 38.1 Å². The normalized spacial score (nSPS) is 13.6. The van der Waals surface area contributed by atoms with Gasteiger partial charge in [-0.1, -0.05) is 29.8 Å². The van der Waals surface area contributed by atoms with E-state index in [1.165, 1.54) is 0 Å². The van der Waals surface area contributed by atoms with Crippen molar-refractivity contribution >= 4 is 6.03 Å². The van der Waals surface area contributed by atoms with Crippen molar-refractivity contribution in [2.45, 2.75) is 38.8 Å². The minimum Gasteiger partial charge on any atom is -0.396 e. The third-order valence-corrected chi connectivity index (χ3v) is 3.09. The van der Waals surface area contributed by atoms with E-state index in [2.05, 4.69) is 10.6 Å². The number of aliphatic hydroxyl groups excluding tert-OH is 2.